The van der Waals surface area contributed by atoms with Crippen LogP contribution in [0.1, 0.15) is 56.8 Å². The number of benzene rings is 1. The number of hydrogen-bond donors (Lipinski definition) is 2. The molecule has 0 saturated carbocycles. The third-order valence-corrected chi connectivity index (χ3v) is 4.48. The van der Waals surface area contributed by atoms with E-state index in [0.29, 0.717) is 5.56 Å². The lowest BCUT2D eigenvalue weighted by Crippen LogP contribution is -2.46. The fourth-order valence-corrected chi connectivity index (χ4v) is 2.81. The van der Waals surface area contributed by atoms with Gasteiger partial charge in [-0.1, -0.05) is 24.6 Å². The molecule has 2 N–H and O–H groups in total. The first-order valence-corrected chi connectivity index (χ1v) is 10.6. The number of terminal acetylenes is 1. The first-order chi connectivity index (χ1) is 15.4. The minimum Gasteiger partial charge on any atom is -0.466 e. The Balaban J connectivity index is 3.06. The van der Waals surface area contributed by atoms with Gasteiger partial charge >= 0.3 is 12.1 Å². The number of carbonyl (C=O) groups is 4. The minimum absolute atomic E-state index is 0.0156. The molecule has 1 aromatic rings. The molecule has 1 aromatic carbocycles. The molecule has 0 radical (unpaired) electrons. The standard InChI is InChI=1S/C24H33N3O6/c1-8-27(19(28)15-26-23(31)33-24(5,6)7)21(18-11-10-16(3)17(4)14-18)22(30)25-13-12-20(29)32-9-2/h1,10-11,14,21H,9,12-13,15H2,2-7H3,(H,25,30)(H,26,31). The number of amides is 3. The molecule has 3 amide bonds. The van der Waals surface area contributed by atoms with E-state index in [1.165, 1.54) is 0 Å². The molecule has 9 nitrogen and oxygen atoms in total. The highest BCUT2D eigenvalue weighted by molar-refractivity contribution is 5.91. The van der Waals surface area contributed by atoms with Crippen LogP contribution >= 0.6 is 0 Å². The first-order valence-electron chi connectivity index (χ1n) is 10.6. The zero-order chi connectivity index (χ0) is 25.2. The van der Waals surface area contributed by atoms with Gasteiger partial charge in [-0.15, -0.1) is 0 Å². The average Bonchev–Trinajstić information content (AvgIpc) is 2.71. The van der Waals surface area contributed by atoms with E-state index in [1.807, 2.05) is 19.9 Å². The summed E-state index contributed by atoms with van der Waals surface area (Å²) >= 11 is 0. The first kappa shape index (κ1) is 27.5. The van der Waals surface area contributed by atoms with E-state index in [9.17, 15) is 19.2 Å². The fourth-order valence-electron chi connectivity index (χ4n) is 2.81. The molecule has 9 heteroatoms. The van der Waals surface area contributed by atoms with Gasteiger partial charge in [-0.05, 0) is 58.2 Å². The Morgan fingerprint density at radius 2 is 1.79 bits per heavy atom. The Bertz CT molecular complexity index is 914. The largest absolute Gasteiger partial charge is 0.466 e. The molecule has 0 saturated heterocycles. The topological polar surface area (TPSA) is 114 Å². The molecule has 1 rings (SSSR count). The van der Waals surface area contributed by atoms with E-state index in [1.54, 1.807) is 39.8 Å². The van der Waals surface area contributed by atoms with Crippen LogP contribution in [0.5, 0.6) is 0 Å². The van der Waals surface area contributed by atoms with Crippen molar-refractivity contribution in [3.8, 4) is 12.5 Å². The number of nitrogens with zero attached hydrogens (tertiary/aromatic N) is 1. The second-order valence-electron chi connectivity index (χ2n) is 8.34. The van der Waals surface area contributed by atoms with Crippen LogP contribution in [0.3, 0.4) is 0 Å². The van der Waals surface area contributed by atoms with Crippen molar-refractivity contribution >= 4 is 23.9 Å². The normalized spacial score (nSPS) is 11.5. The highest BCUT2D eigenvalue weighted by Gasteiger charge is 2.31. The summed E-state index contributed by atoms with van der Waals surface area (Å²) in [5.74, 6) is -1.69. The number of esters is 1. The monoisotopic (exact) mass is 459 g/mol. The SMILES string of the molecule is C#CN(C(=O)CNC(=O)OC(C)(C)C)C(C(=O)NCCC(=O)OCC)c1ccc(C)c(C)c1. The zero-order valence-corrected chi connectivity index (χ0v) is 20.1. The van der Waals surface area contributed by atoms with Crippen molar-refractivity contribution in [2.45, 2.75) is 59.6 Å². The number of hydrogen-bond acceptors (Lipinski definition) is 6. The number of aryl methyl sites for hydroxylation is 2. The van der Waals surface area contributed by atoms with E-state index in [-0.39, 0.29) is 19.6 Å². The molecule has 0 aromatic heterocycles. The van der Waals surface area contributed by atoms with E-state index in [2.05, 4.69) is 16.7 Å². The molecule has 0 aliphatic heterocycles. The summed E-state index contributed by atoms with van der Waals surface area (Å²) in [7, 11) is 0. The highest BCUT2D eigenvalue weighted by Crippen LogP contribution is 2.23. The number of nitrogens with one attached hydrogen (secondary N) is 2. The molecule has 0 fully saturated rings. The second kappa shape index (κ2) is 12.5. The molecule has 0 aliphatic carbocycles. The third kappa shape index (κ3) is 9.23. The summed E-state index contributed by atoms with van der Waals surface area (Å²) < 4.78 is 9.98. The predicted molar refractivity (Wildman–Crippen MR) is 123 cm³/mol. The van der Waals surface area contributed by atoms with Crippen molar-refractivity contribution in [2.24, 2.45) is 0 Å². The van der Waals surface area contributed by atoms with Gasteiger partial charge in [-0.25, -0.2) is 4.79 Å². The van der Waals surface area contributed by atoms with Gasteiger partial charge in [0.15, 0.2) is 0 Å². The molecular formula is C24H33N3O6. The fraction of sp³-hybridized carbons (Fsp3) is 0.500. The molecule has 0 aliphatic rings. The minimum atomic E-state index is -1.16. The number of rotatable bonds is 9. The molecule has 180 valence electrons. The van der Waals surface area contributed by atoms with Crippen LogP contribution in [0.4, 0.5) is 4.79 Å². The van der Waals surface area contributed by atoms with Gasteiger partial charge in [-0.2, -0.15) is 0 Å². The van der Waals surface area contributed by atoms with Crippen LogP contribution < -0.4 is 10.6 Å². The molecule has 1 atom stereocenters. The Labute approximate surface area is 195 Å². The van der Waals surface area contributed by atoms with Crippen LogP contribution in [0, 0.1) is 26.3 Å². The van der Waals surface area contributed by atoms with Crippen LogP contribution in [0.15, 0.2) is 18.2 Å². The van der Waals surface area contributed by atoms with Crippen LogP contribution in [-0.4, -0.2) is 54.1 Å². The van der Waals surface area contributed by atoms with E-state index in [0.717, 1.165) is 16.0 Å². The molecular weight excluding hydrogens is 426 g/mol. The Morgan fingerprint density at radius 1 is 1.12 bits per heavy atom. The lowest BCUT2D eigenvalue weighted by atomic mass is 9.99. The number of alkyl carbamates (subject to hydrolysis) is 1. The third-order valence-electron chi connectivity index (χ3n) is 4.48. The molecule has 33 heavy (non-hydrogen) atoms. The van der Waals surface area contributed by atoms with Crippen molar-refractivity contribution in [3.05, 3.63) is 34.9 Å². The van der Waals surface area contributed by atoms with E-state index in [4.69, 9.17) is 15.9 Å². The molecule has 0 heterocycles. The van der Waals surface area contributed by atoms with E-state index < -0.39 is 42.1 Å². The summed E-state index contributed by atoms with van der Waals surface area (Å²) in [6.45, 7) is 10.4. The summed E-state index contributed by atoms with van der Waals surface area (Å²) in [5.41, 5.74) is 1.67. The van der Waals surface area contributed by atoms with Crippen LogP contribution in [-0.2, 0) is 23.9 Å². The van der Waals surface area contributed by atoms with Crippen molar-refractivity contribution < 1.29 is 28.7 Å². The maximum absolute atomic E-state index is 13.0. The van der Waals surface area contributed by atoms with Crippen molar-refractivity contribution in [1.82, 2.24) is 15.5 Å². The van der Waals surface area contributed by atoms with Gasteiger partial charge in [0.2, 0.25) is 5.91 Å². The molecule has 0 bridgehead atoms. The van der Waals surface area contributed by atoms with Gasteiger partial charge in [0, 0.05) is 12.6 Å². The lowest BCUT2D eigenvalue weighted by Gasteiger charge is -2.27. The number of carbonyl (C=O) groups excluding carboxylic acids is 4. The smallest absolute Gasteiger partial charge is 0.408 e. The second-order valence-corrected chi connectivity index (χ2v) is 8.34. The maximum Gasteiger partial charge on any atom is 0.408 e. The Hall–Kier alpha value is -3.54. The highest BCUT2D eigenvalue weighted by atomic mass is 16.6. The summed E-state index contributed by atoms with van der Waals surface area (Å²) in [4.78, 5) is 50.3. The quantitative estimate of drug-likeness (QED) is 0.333. The Morgan fingerprint density at radius 3 is 2.33 bits per heavy atom. The lowest BCUT2D eigenvalue weighted by molar-refractivity contribution is -0.143. The van der Waals surface area contributed by atoms with Gasteiger partial charge in [0.25, 0.3) is 5.91 Å². The van der Waals surface area contributed by atoms with Gasteiger partial charge < -0.3 is 20.1 Å². The molecule has 0 spiro atoms. The summed E-state index contributed by atoms with van der Waals surface area (Å²) in [5, 5.41) is 4.98. The van der Waals surface area contributed by atoms with Crippen molar-refractivity contribution in [3.63, 3.8) is 0 Å². The average molecular weight is 460 g/mol. The zero-order valence-electron chi connectivity index (χ0n) is 20.1. The molecule has 1 unspecified atom stereocenters. The van der Waals surface area contributed by atoms with Crippen LogP contribution in [0.25, 0.3) is 0 Å². The van der Waals surface area contributed by atoms with Crippen molar-refractivity contribution in [1.29, 1.82) is 0 Å². The van der Waals surface area contributed by atoms with Crippen LogP contribution in [0.2, 0.25) is 0 Å². The van der Waals surface area contributed by atoms with Gasteiger partial charge in [0.05, 0.1) is 13.0 Å². The van der Waals surface area contributed by atoms with Gasteiger partial charge in [-0.3, -0.25) is 19.3 Å². The van der Waals surface area contributed by atoms with E-state index >= 15 is 0 Å². The predicted octanol–water partition coefficient (Wildman–Crippen LogP) is 2.36. The Kier molecular flexibility index (Phi) is 10.4. The van der Waals surface area contributed by atoms with Crippen molar-refractivity contribution in [2.75, 3.05) is 19.7 Å². The number of ether oxygens (including phenoxy) is 2. The summed E-state index contributed by atoms with van der Waals surface area (Å²) in [6, 6.07) is 6.38. The summed E-state index contributed by atoms with van der Waals surface area (Å²) in [6.07, 6.45) is 4.79. The van der Waals surface area contributed by atoms with Gasteiger partial charge in [0.1, 0.15) is 18.2 Å². The maximum atomic E-state index is 13.0.